The van der Waals surface area contributed by atoms with Crippen LogP contribution in [0.3, 0.4) is 0 Å². The molecule has 0 N–H and O–H groups in total. The second kappa shape index (κ2) is 7.98. The zero-order chi connectivity index (χ0) is 18.6. The van der Waals surface area contributed by atoms with Crippen LogP contribution in [0.2, 0.25) is 5.02 Å². The van der Waals surface area contributed by atoms with Crippen molar-refractivity contribution < 1.29 is 14.5 Å². The fourth-order valence-electron chi connectivity index (χ4n) is 2.42. The average Bonchev–Trinajstić information content (AvgIpc) is 2.53. The highest BCUT2D eigenvalue weighted by Gasteiger charge is 2.18. The van der Waals surface area contributed by atoms with Gasteiger partial charge in [0.25, 0.3) is 11.6 Å². The number of nitrogens with zero attached hydrogens (tertiary/aromatic N) is 2. The maximum Gasteiger partial charge on any atom is 0.288 e. The summed E-state index contributed by atoms with van der Waals surface area (Å²) in [5, 5.41) is 10.9. The molecule has 2 aromatic rings. The van der Waals surface area contributed by atoms with Crippen LogP contribution >= 0.6 is 11.6 Å². The Labute approximate surface area is 151 Å². The maximum atomic E-state index is 12.4. The van der Waals surface area contributed by atoms with E-state index in [9.17, 15) is 14.9 Å². The molecule has 0 atom stereocenters. The van der Waals surface area contributed by atoms with Crippen molar-refractivity contribution in [3.63, 3.8) is 0 Å². The highest BCUT2D eigenvalue weighted by molar-refractivity contribution is 6.32. The van der Waals surface area contributed by atoms with E-state index >= 15 is 0 Å². The Morgan fingerprint density at radius 1 is 1.20 bits per heavy atom. The Kier molecular flexibility index (Phi) is 5.98. The first-order chi connectivity index (χ1) is 11.8. The molecule has 2 rings (SSSR count). The van der Waals surface area contributed by atoms with Gasteiger partial charge in [-0.1, -0.05) is 17.7 Å². The minimum Gasteiger partial charge on any atom is -0.492 e. The first kappa shape index (κ1) is 18.7. The molecule has 132 valence electrons. The minimum atomic E-state index is -0.609. The summed E-state index contributed by atoms with van der Waals surface area (Å²) in [6, 6.07) is 9.92. The van der Waals surface area contributed by atoms with E-state index in [0.717, 1.165) is 16.9 Å². The fraction of sp³-hybridized carbons (Fsp3) is 0.278. The first-order valence-electron chi connectivity index (χ1n) is 7.68. The highest BCUT2D eigenvalue weighted by Crippen LogP contribution is 2.25. The molecule has 0 spiro atoms. The van der Waals surface area contributed by atoms with Crippen LogP contribution in [-0.2, 0) is 0 Å². The predicted octanol–water partition coefficient (Wildman–Crippen LogP) is 4.02. The van der Waals surface area contributed by atoms with Gasteiger partial charge in [0.05, 0.1) is 11.5 Å². The maximum absolute atomic E-state index is 12.4. The van der Waals surface area contributed by atoms with Gasteiger partial charge in [-0.25, -0.2) is 0 Å². The van der Waals surface area contributed by atoms with Crippen molar-refractivity contribution >= 4 is 23.2 Å². The quantitative estimate of drug-likeness (QED) is 0.574. The molecule has 0 radical (unpaired) electrons. The Morgan fingerprint density at radius 3 is 2.44 bits per heavy atom. The number of hydrogen-bond donors (Lipinski definition) is 0. The van der Waals surface area contributed by atoms with E-state index in [1.807, 2.05) is 26.0 Å². The van der Waals surface area contributed by atoms with Gasteiger partial charge in [-0.3, -0.25) is 14.9 Å². The van der Waals surface area contributed by atoms with Crippen LogP contribution in [0.15, 0.2) is 36.4 Å². The lowest BCUT2D eigenvalue weighted by atomic mass is 10.1. The van der Waals surface area contributed by atoms with E-state index in [0.29, 0.717) is 13.2 Å². The van der Waals surface area contributed by atoms with Gasteiger partial charge in [0.15, 0.2) is 0 Å². The standard InChI is InChI=1S/C18H19ClN2O4/c1-12-8-13(2)10-15(9-12)25-7-6-20(3)18(22)14-4-5-16(19)17(11-14)21(23)24/h4-5,8-11H,6-7H2,1-3H3. The van der Waals surface area contributed by atoms with Crippen LogP contribution in [-0.4, -0.2) is 35.9 Å². The van der Waals surface area contributed by atoms with Gasteiger partial charge < -0.3 is 9.64 Å². The molecule has 0 bridgehead atoms. The summed E-state index contributed by atoms with van der Waals surface area (Å²) in [6.45, 7) is 4.65. The molecule has 7 heteroatoms. The number of nitro groups is 1. The van der Waals surface area contributed by atoms with Gasteiger partial charge in [0.1, 0.15) is 17.4 Å². The second-order valence-corrected chi connectivity index (χ2v) is 6.23. The molecule has 2 aromatic carbocycles. The van der Waals surface area contributed by atoms with E-state index in [-0.39, 0.29) is 22.2 Å². The average molecular weight is 363 g/mol. The molecular formula is C18H19ClN2O4. The number of aryl methyl sites for hydroxylation is 2. The van der Waals surface area contributed by atoms with Gasteiger partial charge >= 0.3 is 0 Å². The molecule has 0 saturated heterocycles. The molecule has 0 heterocycles. The van der Waals surface area contributed by atoms with Gasteiger partial charge in [0, 0.05) is 18.7 Å². The number of nitro benzene ring substituents is 1. The van der Waals surface area contributed by atoms with Crippen LogP contribution in [0.5, 0.6) is 5.75 Å². The number of carbonyl (C=O) groups is 1. The highest BCUT2D eigenvalue weighted by atomic mass is 35.5. The number of amides is 1. The zero-order valence-electron chi connectivity index (χ0n) is 14.3. The molecule has 0 aliphatic rings. The van der Waals surface area contributed by atoms with Crippen LogP contribution < -0.4 is 4.74 Å². The number of carbonyl (C=O) groups excluding carboxylic acids is 1. The van der Waals surface area contributed by atoms with Crippen molar-refractivity contribution in [2.45, 2.75) is 13.8 Å². The van der Waals surface area contributed by atoms with Crippen molar-refractivity contribution in [1.82, 2.24) is 4.90 Å². The largest absolute Gasteiger partial charge is 0.492 e. The third-order valence-electron chi connectivity index (χ3n) is 3.63. The molecule has 0 aromatic heterocycles. The lowest BCUT2D eigenvalue weighted by Crippen LogP contribution is -2.30. The second-order valence-electron chi connectivity index (χ2n) is 5.82. The lowest BCUT2D eigenvalue weighted by molar-refractivity contribution is -0.384. The van der Waals surface area contributed by atoms with Gasteiger partial charge in [-0.15, -0.1) is 0 Å². The van der Waals surface area contributed by atoms with Crippen molar-refractivity contribution in [3.05, 3.63) is 68.2 Å². The van der Waals surface area contributed by atoms with Crippen molar-refractivity contribution in [2.24, 2.45) is 0 Å². The van der Waals surface area contributed by atoms with Gasteiger partial charge in [0.2, 0.25) is 0 Å². The molecule has 0 unspecified atom stereocenters. The SMILES string of the molecule is Cc1cc(C)cc(OCCN(C)C(=O)c2ccc(Cl)c([N+](=O)[O-])c2)c1. The van der Waals surface area contributed by atoms with E-state index in [4.69, 9.17) is 16.3 Å². The first-order valence-corrected chi connectivity index (χ1v) is 8.06. The van der Waals surface area contributed by atoms with Crippen LogP contribution in [0.4, 0.5) is 5.69 Å². The summed E-state index contributed by atoms with van der Waals surface area (Å²) in [6.07, 6.45) is 0. The topological polar surface area (TPSA) is 72.7 Å². The van der Waals surface area contributed by atoms with Gasteiger partial charge in [-0.05, 0) is 49.2 Å². The Bertz CT molecular complexity index is 787. The van der Waals surface area contributed by atoms with Crippen molar-refractivity contribution in [3.8, 4) is 5.75 Å². The Hall–Kier alpha value is -2.60. The smallest absolute Gasteiger partial charge is 0.288 e. The number of halogens is 1. The molecular weight excluding hydrogens is 344 g/mol. The van der Waals surface area contributed by atoms with E-state index in [1.54, 1.807) is 7.05 Å². The number of benzene rings is 2. The van der Waals surface area contributed by atoms with Gasteiger partial charge in [-0.2, -0.15) is 0 Å². The summed E-state index contributed by atoms with van der Waals surface area (Å²) in [5.41, 5.74) is 2.14. The van der Waals surface area contributed by atoms with Crippen molar-refractivity contribution in [2.75, 3.05) is 20.2 Å². The number of hydrogen-bond acceptors (Lipinski definition) is 4. The van der Waals surface area contributed by atoms with Crippen LogP contribution in [0.25, 0.3) is 0 Å². The minimum absolute atomic E-state index is 0.00218. The van der Waals surface area contributed by atoms with E-state index in [1.165, 1.54) is 23.1 Å². The molecule has 0 fully saturated rings. The number of rotatable bonds is 6. The molecule has 0 saturated carbocycles. The fourth-order valence-corrected chi connectivity index (χ4v) is 2.61. The van der Waals surface area contributed by atoms with E-state index < -0.39 is 4.92 Å². The summed E-state index contributed by atoms with van der Waals surface area (Å²) in [7, 11) is 1.62. The van der Waals surface area contributed by atoms with Crippen LogP contribution in [0, 0.1) is 24.0 Å². The summed E-state index contributed by atoms with van der Waals surface area (Å²) < 4.78 is 5.68. The molecule has 1 amide bonds. The molecule has 0 aliphatic carbocycles. The summed E-state index contributed by atoms with van der Waals surface area (Å²) >= 11 is 5.77. The van der Waals surface area contributed by atoms with Crippen molar-refractivity contribution in [1.29, 1.82) is 0 Å². The molecule has 0 aliphatic heterocycles. The zero-order valence-corrected chi connectivity index (χ0v) is 15.0. The summed E-state index contributed by atoms with van der Waals surface area (Å²) in [5.74, 6) is 0.421. The summed E-state index contributed by atoms with van der Waals surface area (Å²) in [4.78, 5) is 24.2. The molecule has 25 heavy (non-hydrogen) atoms. The third-order valence-corrected chi connectivity index (χ3v) is 3.95. The predicted molar refractivity (Wildman–Crippen MR) is 96.5 cm³/mol. The number of likely N-dealkylation sites (N-methyl/N-ethyl adjacent to an activating group) is 1. The van der Waals surface area contributed by atoms with E-state index in [2.05, 4.69) is 6.07 Å². The third kappa shape index (κ3) is 4.93. The van der Waals surface area contributed by atoms with Crippen LogP contribution in [0.1, 0.15) is 21.5 Å². The normalized spacial score (nSPS) is 10.4. The monoisotopic (exact) mass is 362 g/mol. The molecule has 6 nitrogen and oxygen atoms in total. The lowest BCUT2D eigenvalue weighted by Gasteiger charge is -2.18. The number of ether oxygens (including phenoxy) is 1. The Balaban J connectivity index is 1.98. The Morgan fingerprint density at radius 2 is 1.84 bits per heavy atom.